The summed E-state index contributed by atoms with van der Waals surface area (Å²) >= 11 is 0.823. The van der Waals surface area contributed by atoms with Gasteiger partial charge in [-0.1, -0.05) is 78.9 Å². The van der Waals surface area contributed by atoms with Gasteiger partial charge in [0, 0.05) is 44.9 Å². The zero-order valence-electron chi connectivity index (χ0n) is 33.1. The molecule has 2 aromatic carbocycles. The second-order valence-corrected chi connectivity index (χ2v) is 17.7. The van der Waals surface area contributed by atoms with E-state index < -0.39 is 64.3 Å². The van der Waals surface area contributed by atoms with Gasteiger partial charge < -0.3 is 35.3 Å². The number of anilines is 3. The standard InChI is InChI=1S/C39H43F3N10O7S2/c1-4-29(54)47-27-17-28(32(31(27)55)59-36(56)39(40,41)42)52-20-44-30-33(43-18-26(23-11-7-5-8-12-23)24-13-9-6-10-14-24)48-37(49-34(30)52)51-16-15-25(19-51)50-61(57,58)35-21(2)45-38(60-35)46-22(3)53/h5-14,20,25-28,31-32,50,55H,4,15-19H2,1-3H3,(H,47,54)(H,43,48,49)(H,45,46,53)/t25-,27+,28-,31-,32+/m1/s1. The molecule has 1 saturated carbocycles. The highest BCUT2D eigenvalue weighted by atomic mass is 32.2. The van der Waals surface area contributed by atoms with Gasteiger partial charge in [0.2, 0.25) is 17.8 Å². The Morgan fingerprint density at radius 1 is 1.03 bits per heavy atom. The van der Waals surface area contributed by atoms with Gasteiger partial charge in [-0.3, -0.25) is 9.59 Å². The number of aliphatic hydroxyl groups is 1. The molecular weight excluding hydrogens is 842 g/mol. The summed E-state index contributed by atoms with van der Waals surface area (Å²) in [4.78, 5) is 56.3. The van der Waals surface area contributed by atoms with Crippen molar-refractivity contribution in [2.45, 2.75) is 86.7 Å². The highest BCUT2D eigenvalue weighted by Crippen LogP contribution is 2.38. The summed E-state index contributed by atoms with van der Waals surface area (Å²) in [6.07, 6.45) is -7.32. The monoisotopic (exact) mass is 884 g/mol. The SMILES string of the molecule is CCC(=O)N[C@H]1C[C@@H](n2cnc3c(NCC(c4ccccc4)c4ccccc4)nc(N4CC[C@@H](NS(=O)(=O)c5sc(NC(C)=O)nc5C)C4)nc32)[C@H](OC(=O)C(F)(F)F)[C@@H]1O. The number of alkyl halides is 3. The lowest BCUT2D eigenvalue weighted by Crippen LogP contribution is -2.45. The number of thiazole rings is 1. The maximum absolute atomic E-state index is 13.6. The fourth-order valence-electron chi connectivity index (χ4n) is 7.61. The third-order valence-electron chi connectivity index (χ3n) is 10.5. The van der Waals surface area contributed by atoms with Gasteiger partial charge in [0.25, 0.3) is 10.0 Å². The molecule has 1 aliphatic heterocycles. The number of nitrogens with zero attached hydrogens (tertiary/aromatic N) is 6. The van der Waals surface area contributed by atoms with Crippen LogP contribution in [0, 0.1) is 6.92 Å². The molecule has 22 heteroatoms. The van der Waals surface area contributed by atoms with Crippen LogP contribution in [0.25, 0.3) is 11.2 Å². The number of halogens is 3. The first-order valence-electron chi connectivity index (χ1n) is 19.4. The van der Waals surface area contributed by atoms with Gasteiger partial charge in [-0.15, -0.1) is 0 Å². The normalized spacial score (nSPS) is 20.6. The lowest BCUT2D eigenvalue weighted by Gasteiger charge is -2.25. The molecule has 7 rings (SSSR count). The molecule has 61 heavy (non-hydrogen) atoms. The molecule has 324 valence electrons. The fraction of sp³-hybridized carbons (Fsp3) is 0.410. The van der Waals surface area contributed by atoms with Crippen LogP contribution in [-0.4, -0.2) is 106 Å². The highest BCUT2D eigenvalue weighted by Gasteiger charge is 2.51. The molecule has 3 aromatic heterocycles. The minimum Gasteiger partial charge on any atom is -0.451 e. The predicted molar refractivity (Wildman–Crippen MR) is 218 cm³/mol. The summed E-state index contributed by atoms with van der Waals surface area (Å²) in [5, 5.41) is 19.9. The number of nitrogens with one attached hydrogen (secondary N) is 4. The average Bonchev–Trinajstić information content (AvgIpc) is 4.01. The number of fused-ring (bicyclic) bond motifs is 1. The van der Waals surface area contributed by atoms with E-state index in [4.69, 9.17) is 14.7 Å². The molecule has 4 heterocycles. The second kappa shape index (κ2) is 17.7. The zero-order chi connectivity index (χ0) is 43.6. The first-order valence-corrected chi connectivity index (χ1v) is 21.7. The number of hydrogen-bond donors (Lipinski definition) is 5. The number of esters is 1. The van der Waals surface area contributed by atoms with E-state index in [-0.39, 0.29) is 63.3 Å². The highest BCUT2D eigenvalue weighted by molar-refractivity contribution is 7.91. The number of hydrogen-bond acceptors (Lipinski definition) is 14. The van der Waals surface area contributed by atoms with Crippen LogP contribution in [-0.2, 0) is 29.1 Å². The van der Waals surface area contributed by atoms with E-state index in [1.54, 1.807) is 11.8 Å². The van der Waals surface area contributed by atoms with Crippen LogP contribution in [0.15, 0.2) is 71.2 Å². The first-order chi connectivity index (χ1) is 29.0. The van der Waals surface area contributed by atoms with Crippen LogP contribution in [0.1, 0.15) is 61.9 Å². The Morgan fingerprint density at radius 2 is 1.70 bits per heavy atom. The number of carbonyl (C=O) groups excluding carboxylic acids is 3. The molecule has 0 spiro atoms. The molecule has 5 atom stereocenters. The zero-order valence-corrected chi connectivity index (χ0v) is 34.7. The third-order valence-corrected chi connectivity index (χ3v) is 13.7. The van der Waals surface area contributed by atoms with Crippen molar-refractivity contribution in [2.24, 2.45) is 0 Å². The maximum atomic E-state index is 13.6. The van der Waals surface area contributed by atoms with Gasteiger partial charge in [0.1, 0.15) is 6.10 Å². The van der Waals surface area contributed by atoms with Crippen molar-refractivity contribution in [1.82, 2.24) is 34.5 Å². The summed E-state index contributed by atoms with van der Waals surface area (Å²) < 4.78 is 76.7. The lowest BCUT2D eigenvalue weighted by molar-refractivity contribution is -0.209. The smallest absolute Gasteiger partial charge is 0.451 e. The predicted octanol–water partition coefficient (Wildman–Crippen LogP) is 4.03. The molecule has 0 bridgehead atoms. The van der Waals surface area contributed by atoms with Crippen molar-refractivity contribution in [3.8, 4) is 0 Å². The number of sulfonamides is 1. The van der Waals surface area contributed by atoms with Gasteiger partial charge in [-0.25, -0.2) is 27.9 Å². The van der Waals surface area contributed by atoms with Crippen LogP contribution in [0.4, 0.5) is 30.1 Å². The van der Waals surface area contributed by atoms with Gasteiger partial charge in [0.15, 0.2) is 32.4 Å². The molecule has 5 aromatic rings. The molecule has 0 unspecified atom stereocenters. The molecule has 2 aliphatic rings. The topological polar surface area (TPSA) is 223 Å². The minimum atomic E-state index is -5.37. The Balaban J connectivity index is 1.25. The Labute approximate surface area is 352 Å². The summed E-state index contributed by atoms with van der Waals surface area (Å²) in [6, 6.07) is 16.7. The number of aliphatic hydroxyl groups excluding tert-OH is 1. The number of ether oxygens (including phenoxy) is 1. The number of carbonyl (C=O) groups is 3. The summed E-state index contributed by atoms with van der Waals surface area (Å²) in [5.41, 5.74) is 2.55. The van der Waals surface area contributed by atoms with Crippen molar-refractivity contribution < 1.29 is 45.8 Å². The van der Waals surface area contributed by atoms with E-state index in [1.165, 1.54) is 24.7 Å². The van der Waals surface area contributed by atoms with Gasteiger partial charge in [-0.2, -0.15) is 23.1 Å². The van der Waals surface area contributed by atoms with Crippen molar-refractivity contribution in [2.75, 3.05) is 35.2 Å². The quantitative estimate of drug-likeness (QED) is 0.0996. The van der Waals surface area contributed by atoms with Crippen molar-refractivity contribution >= 4 is 67.2 Å². The molecular formula is C39H43F3N10O7S2. The van der Waals surface area contributed by atoms with Crippen LogP contribution >= 0.6 is 11.3 Å². The van der Waals surface area contributed by atoms with E-state index in [1.807, 2.05) is 60.7 Å². The van der Waals surface area contributed by atoms with Crippen molar-refractivity contribution in [3.05, 3.63) is 83.8 Å². The Kier molecular flexibility index (Phi) is 12.6. The van der Waals surface area contributed by atoms with Gasteiger partial charge in [-0.05, 0) is 30.9 Å². The van der Waals surface area contributed by atoms with E-state index in [2.05, 4.69) is 30.6 Å². The Morgan fingerprint density at radius 3 is 2.33 bits per heavy atom. The Hall–Kier alpha value is -5.71. The molecule has 5 N–H and O–H groups in total. The van der Waals surface area contributed by atoms with E-state index in [9.17, 15) is 41.1 Å². The molecule has 2 amide bonds. The molecule has 1 aliphatic carbocycles. The van der Waals surface area contributed by atoms with E-state index in [0.29, 0.717) is 19.5 Å². The maximum Gasteiger partial charge on any atom is 0.490 e. The van der Waals surface area contributed by atoms with E-state index >= 15 is 0 Å². The lowest BCUT2D eigenvalue weighted by atomic mass is 9.91. The average molecular weight is 885 g/mol. The summed E-state index contributed by atoms with van der Waals surface area (Å²) in [7, 11) is -4.08. The van der Waals surface area contributed by atoms with Crippen LogP contribution in [0.5, 0.6) is 0 Å². The largest absolute Gasteiger partial charge is 0.490 e. The van der Waals surface area contributed by atoms with Crippen molar-refractivity contribution in [3.63, 3.8) is 0 Å². The van der Waals surface area contributed by atoms with Gasteiger partial charge >= 0.3 is 12.1 Å². The fourth-order valence-corrected chi connectivity index (χ4v) is 10.3. The van der Waals surface area contributed by atoms with Crippen LogP contribution in [0.2, 0.25) is 0 Å². The molecule has 2 fully saturated rings. The van der Waals surface area contributed by atoms with Crippen LogP contribution < -0.4 is 25.6 Å². The molecule has 0 radical (unpaired) electrons. The summed E-state index contributed by atoms with van der Waals surface area (Å²) in [6.45, 7) is 5.10. The molecule has 1 saturated heterocycles. The number of aryl methyl sites for hydroxylation is 1. The number of aromatic nitrogens is 5. The number of amides is 2. The van der Waals surface area contributed by atoms with Crippen LogP contribution in [0.3, 0.4) is 0 Å². The molecule has 17 nitrogen and oxygen atoms in total. The Bertz CT molecular complexity index is 2470. The third kappa shape index (κ3) is 9.61. The number of imidazole rings is 1. The minimum absolute atomic E-state index is 0.0301. The number of rotatable bonds is 14. The van der Waals surface area contributed by atoms with E-state index in [0.717, 1.165) is 22.5 Å². The summed E-state index contributed by atoms with van der Waals surface area (Å²) in [5.74, 6) is -3.17. The number of benzene rings is 2. The van der Waals surface area contributed by atoms with Gasteiger partial charge in [0.05, 0.1) is 24.1 Å². The second-order valence-electron chi connectivity index (χ2n) is 14.8. The van der Waals surface area contributed by atoms with Crippen molar-refractivity contribution in [1.29, 1.82) is 0 Å². The first kappa shape index (κ1) is 43.4.